The normalized spacial score (nSPS) is 17.7. The molecule has 0 spiro atoms. The molecular formula is C16H21F3N2O2. The zero-order valence-electron chi connectivity index (χ0n) is 13.2. The molecule has 1 aromatic carbocycles. The zero-order valence-corrected chi connectivity index (χ0v) is 13.2. The SMILES string of the molecule is CCC1(CC)CN(CC(N)OC(=O)C(F)(F)F)c2ccccc21. The number of benzene rings is 1. The molecule has 0 bridgehead atoms. The van der Waals surface area contributed by atoms with Crippen molar-refractivity contribution in [3.05, 3.63) is 29.8 Å². The number of anilines is 1. The summed E-state index contributed by atoms with van der Waals surface area (Å²) < 4.78 is 41.1. The number of nitrogens with two attached hydrogens (primary N) is 1. The van der Waals surface area contributed by atoms with E-state index < -0.39 is 18.4 Å². The molecule has 0 radical (unpaired) electrons. The first-order valence-electron chi connectivity index (χ1n) is 7.61. The summed E-state index contributed by atoms with van der Waals surface area (Å²) in [6.45, 7) is 4.86. The molecule has 0 saturated heterocycles. The molecule has 0 fully saturated rings. The number of halogens is 3. The second-order valence-electron chi connectivity index (χ2n) is 5.83. The minimum absolute atomic E-state index is 0.0284. The molecule has 2 N–H and O–H groups in total. The van der Waals surface area contributed by atoms with Gasteiger partial charge in [0.25, 0.3) is 0 Å². The van der Waals surface area contributed by atoms with Crippen LogP contribution < -0.4 is 10.6 Å². The van der Waals surface area contributed by atoms with E-state index in [4.69, 9.17) is 5.73 Å². The first-order valence-corrected chi connectivity index (χ1v) is 7.61. The van der Waals surface area contributed by atoms with E-state index in [1.165, 1.54) is 5.56 Å². The van der Waals surface area contributed by atoms with Crippen LogP contribution in [0.1, 0.15) is 32.3 Å². The van der Waals surface area contributed by atoms with Crippen LogP contribution in [0.15, 0.2) is 24.3 Å². The highest BCUT2D eigenvalue weighted by molar-refractivity contribution is 5.75. The number of para-hydroxylation sites is 1. The number of rotatable bonds is 5. The maximum absolute atomic E-state index is 12.3. The van der Waals surface area contributed by atoms with E-state index in [1.54, 1.807) is 0 Å². The lowest BCUT2D eigenvalue weighted by atomic mass is 9.78. The number of fused-ring (bicyclic) bond motifs is 1. The predicted octanol–water partition coefficient (Wildman–Crippen LogP) is 2.95. The number of carbonyl (C=O) groups is 1. The summed E-state index contributed by atoms with van der Waals surface area (Å²) in [7, 11) is 0. The first-order chi connectivity index (χ1) is 10.7. The molecule has 0 amide bonds. The van der Waals surface area contributed by atoms with Gasteiger partial charge in [-0.3, -0.25) is 5.73 Å². The zero-order chi connectivity index (χ0) is 17.3. The molecule has 0 aliphatic carbocycles. The van der Waals surface area contributed by atoms with Crippen molar-refractivity contribution in [2.45, 2.75) is 44.5 Å². The molecule has 7 heteroatoms. The third kappa shape index (κ3) is 3.44. The smallest absolute Gasteiger partial charge is 0.438 e. The van der Waals surface area contributed by atoms with Crippen LogP contribution in [0.4, 0.5) is 18.9 Å². The van der Waals surface area contributed by atoms with Gasteiger partial charge in [0.15, 0.2) is 6.23 Å². The molecule has 23 heavy (non-hydrogen) atoms. The molecule has 1 unspecified atom stereocenters. The lowest BCUT2D eigenvalue weighted by Crippen LogP contribution is -2.44. The van der Waals surface area contributed by atoms with Crippen LogP contribution in [0.25, 0.3) is 0 Å². The van der Waals surface area contributed by atoms with Gasteiger partial charge < -0.3 is 9.64 Å². The Morgan fingerprint density at radius 3 is 2.52 bits per heavy atom. The Balaban J connectivity index is 2.14. The van der Waals surface area contributed by atoms with Crippen molar-refractivity contribution < 1.29 is 22.7 Å². The minimum atomic E-state index is -5.03. The Morgan fingerprint density at radius 2 is 1.96 bits per heavy atom. The average molecular weight is 330 g/mol. The second-order valence-corrected chi connectivity index (χ2v) is 5.83. The molecule has 0 saturated carbocycles. The van der Waals surface area contributed by atoms with Crippen molar-refractivity contribution in [1.29, 1.82) is 0 Å². The van der Waals surface area contributed by atoms with E-state index in [2.05, 4.69) is 18.6 Å². The van der Waals surface area contributed by atoms with Gasteiger partial charge in [-0.1, -0.05) is 32.0 Å². The number of alkyl halides is 3. The van der Waals surface area contributed by atoms with Gasteiger partial charge in [0.05, 0.1) is 6.54 Å². The van der Waals surface area contributed by atoms with Crippen molar-refractivity contribution in [3.63, 3.8) is 0 Å². The fraction of sp³-hybridized carbons (Fsp3) is 0.562. The van der Waals surface area contributed by atoms with Crippen molar-refractivity contribution in [1.82, 2.24) is 0 Å². The third-order valence-electron chi connectivity index (χ3n) is 4.55. The van der Waals surface area contributed by atoms with Crippen LogP contribution in [0.5, 0.6) is 0 Å². The molecule has 4 nitrogen and oxygen atoms in total. The van der Waals surface area contributed by atoms with Crippen molar-refractivity contribution in [2.24, 2.45) is 5.73 Å². The van der Waals surface area contributed by atoms with Gasteiger partial charge in [-0.05, 0) is 24.5 Å². The topological polar surface area (TPSA) is 55.6 Å². The van der Waals surface area contributed by atoms with Gasteiger partial charge in [0.1, 0.15) is 0 Å². The Kier molecular flexibility index (Phi) is 4.89. The lowest BCUT2D eigenvalue weighted by Gasteiger charge is -2.29. The summed E-state index contributed by atoms with van der Waals surface area (Å²) in [6, 6.07) is 7.78. The molecule has 1 aromatic rings. The van der Waals surface area contributed by atoms with Gasteiger partial charge in [-0.2, -0.15) is 13.2 Å². The van der Waals surface area contributed by atoms with Crippen molar-refractivity contribution in [2.75, 3.05) is 18.0 Å². The number of hydrogen-bond donors (Lipinski definition) is 1. The van der Waals surface area contributed by atoms with Gasteiger partial charge in [0.2, 0.25) is 0 Å². The highest BCUT2D eigenvalue weighted by Crippen LogP contribution is 2.44. The van der Waals surface area contributed by atoms with Gasteiger partial charge in [-0.25, -0.2) is 4.79 Å². The summed E-state index contributed by atoms with van der Waals surface area (Å²) >= 11 is 0. The highest BCUT2D eigenvalue weighted by Gasteiger charge is 2.43. The summed E-state index contributed by atoms with van der Waals surface area (Å²) in [5.41, 5.74) is 7.65. The van der Waals surface area contributed by atoms with E-state index in [0.717, 1.165) is 18.5 Å². The molecule has 1 atom stereocenters. The molecule has 2 rings (SSSR count). The van der Waals surface area contributed by atoms with Crippen LogP contribution in [0, 0.1) is 0 Å². The number of nitrogens with zero attached hydrogens (tertiary/aromatic N) is 1. The van der Waals surface area contributed by atoms with Crippen LogP contribution in [0.2, 0.25) is 0 Å². The van der Waals surface area contributed by atoms with Crippen molar-refractivity contribution >= 4 is 11.7 Å². The van der Waals surface area contributed by atoms with E-state index in [9.17, 15) is 18.0 Å². The number of ether oxygens (including phenoxy) is 1. The van der Waals surface area contributed by atoms with E-state index in [-0.39, 0.29) is 12.0 Å². The number of carbonyl (C=O) groups excluding carboxylic acids is 1. The fourth-order valence-corrected chi connectivity index (χ4v) is 3.21. The van der Waals surface area contributed by atoms with Crippen molar-refractivity contribution in [3.8, 4) is 0 Å². The summed E-state index contributed by atoms with van der Waals surface area (Å²) in [5.74, 6) is -2.25. The lowest BCUT2D eigenvalue weighted by molar-refractivity contribution is -0.204. The molecule has 1 heterocycles. The second kappa shape index (κ2) is 6.39. The fourth-order valence-electron chi connectivity index (χ4n) is 3.21. The summed E-state index contributed by atoms with van der Waals surface area (Å²) in [4.78, 5) is 12.8. The Hall–Kier alpha value is -1.76. The standard InChI is InChI=1S/C16H21F3N2O2/c1-3-15(4-2)10-21(12-8-6-5-7-11(12)15)9-13(20)23-14(22)16(17,18)19/h5-8,13H,3-4,9-10,20H2,1-2H3. The minimum Gasteiger partial charge on any atom is -0.438 e. The van der Waals surface area contributed by atoms with Gasteiger partial charge >= 0.3 is 12.1 Å². The average Bonchev–Trinajstić information content (AvgIpc) is 2.81. The highest BCUT2D eigenvalue weighted by atomic mass is 19.4. The predicted molar refractivity (Wildman–Crippen MR) is 81.0 cm³/mol. The maximum Gasteiger partial charge on any atom is 0.490 e. The van der Waals surface area contributed by atoms with Crippen LogP contribution >= 0.6 is 0 Å². The maximum atomic E-state index is 12.3. The molecule has 1 aliphatic heterocycles. The van der Waals surface area contributed by atoms with E-state index in [1.807, 2.05) is 29.2 Å². The number of hydrogen-bond acceptors (Lipinski definition) is 4. The van der Waals surface area contributed by atoms with E-state index in [0.29, 0.717) is 6.54 Å². The summed E-state index contributed by atoms with van der Waals surface area (Å²) in [6.07, 6.45) is -4.54. The summed E-state index contributed by atoms with van der Waals surface area (Å²) in [5, 5.41) is 0. The molecule has 128 valence electrons. The number of esters is 1. The molecule has 0 aromatic heterocycles. The molecule has 1 aliphatic rings. The van der Waals surface area contributed by atoms with Crippen LogP contribution in [0.3, 0.4) is 0 Å². The monoisotopic (exact) mass is 330 g/mol. The van der Waals surface area contributed by atoms with E-state index >= 15 is 0 Å². The molecular weight excluding hydrogens is 309 g/mol. The van der Waals surface area contributed by atoms with Gasteiger partial charge in [0, 0.05) is 17.6 Å². The Morgan fingerprint density at radius 1 is 1.35 bits per heavy atom. The van der Waals surface area contributed by atoms with Crippen LogP contribution in [-0.2, 0) is 14.9 Å². The first kappa shape index (κ1) is 17.6. The van der Waals surface area contributed by atoms with Crippen LogP contribution in [-0.4, -0.2) is 31.5 Å². The Bertz CT molecular complexity index is 571. The third-order valence-corrected chi connectivity index (χ3v) is 4.55. The quantitative estimate of drug-likeness (QED) is 0.666. The van der Waals surface area contributed by atoms with Gasteiger partial charge in [-0.15, -0.1) is 0 Å². The Labute approximate surface area is 133 Å². The largest absolute Gasteiger partial charge is 0.490 e.